The molecule has 3 rings (SSSR count). The van der Waals surface area contributed by atoms with Crippen LogP contribution in [0.15, 0.2) is 36.4 Å². The van der Waals surface area contributed by atoms with Crippen LogP contribution < -0.4 is 0 Å². The average Bonchev–Trinajstić information content (AvgIpc) is 2.70. The number of aryl methyl sites for hydroxylation is 1. The summed E-state index contributed by atoms with van der Waals surface area (Å²) in [6.07, 6.45) is 14.1. The van der Waals surface area contributed by atoms with Crippen molar-refractivity contribution >= 4 is 22.8 Å². The summed E-state index contributed by atoms with van der Waals surface area (Å²) in [4.78, 5) is 12.4. The molecule has 1 aliphatic carbocycles. The summed E-state index contributed by atoms with van der Waals surface area (Å²) in [6.45, 7) is 6.63. The molecule has 0 radical (unpaired) electrons. The van der Waals surface area contributed by atoms with E-state index in [9.17, 15) is 4.79 Å². The highest BCUT2D eigenvalue weighted by Crippen LogP contribution is 2.37. The Bertz CT molecular complexity index is 847. The number of ether oxygens (including phenoxy) is 1. The topological polar surface area (TPSA) is 26.3 Å². The Balaban J connectivity index is 1.73. The van der Waals surface area contributed by atoms with E-state index in [4.69, 9.17) is 4.74 Å². The van der Waals surface area contributed by atoms with Crippen LogP contribution in [0.25, 0.3) is 16.8 Å². The molecule has 2 aromatic carbocycles. The van der Waals surface area contributed by atoms with Gasteiger partial charge in [0.25, 0.3) is 0 Å². The van der Waals surface area contributed by atoms with Crippen molar-refractivity contribution in [2.75, 3.05) is 0 Å². The summed E-state index contributed by atoms with van der Waals surface area (Å²) in [7, 11) is 0. The lowest BCUT2D eigenvalue weighted by Crippen LogP contribution is -2.12. The van der Waals surface area contributed by atoms with Crippen LogP contribution >= 0.6 is 0 Å². The molecule has 1 aliphatic rings. The highest BCUT2D eigenvalue weighted by atomic mass is 16.5. The minimum Gasteiger partial charge on any atom is -0.453 e. The van der Waals surface area contributed by atoms with Gasteiger partial charge >= 0.3 is 5.97 Å². The van der Waals surface area contributed by atoms with Gasteiger partial charge in [-0.15, -0.1) is 0 Å². The molecule has 0 amide bonds. The second-order valence-corrected chi connectivity index (χ2v) is 8.80. The van der Waals surface area contributed by atoms with Crippen LogP contribution in [0.1, 0.15) is 94.9 Å². The molecular weight excluding hydrogens is 356 g/mol. The van der Waals surface area contributed by atoms with Gasteiger partial charge < -0.3 is 4.74 Å². The Morgan fingerprint density at radius 3 is 2.66 bits per heavy atom. The fourth-order valence-corrected chi connectivity index (χ4v) is 4.29. The van der Waals surface area contributed by atoms with E-state index in [1.165, 1.54) is 54.0 Å². The Hall–Kier alpha value is -2.09. The number of carbonyl (C=O) groups excluding carboxylic acids is 1. The number of hydrogen-bond acceptors (Lipinski definition) is 2. The molecule has 1 atom stereocenters. The molecule has 0 fully saturated rings. The van der Waals surface area contributed by atoms with Gasteiger partial charge in [-0.1, -0.05) is 89.3 Å². The van der Waals surface area contributed by atoms with E-state index >= 15 is 0 Å². The van der Waals surface area contributed by atoms with Crippen molar-refractivity contribution in [2.24, 2.45) is 5.92 Å². The molecule has 2 aromatic rings. The zero-order valence-electron chi connectivity index (χ0n) is 18.4. The fraction of sp³-hybridized carbons (Fsp3) is 0.519. The number of hydrogen-bond donors (Lipinski definition) is 0. The van der Waals surface area contributed by atoms with Gasteiger partial charge in [0, 0.05) is 12.0 Å². The largest absolute Gasteiger partial charge is 0.453 e. The molecular formula is C27H36O2. The fourth-order valence-electron chi connectivity index (χ4n) is 4.29. The third-order valence-corrected chi connectivity index (χ3v) is 5.92. The van der Waals surface area contributed by atoms with Gasteiger partial charge in [-0.05, 0) is 53.2 Å². The molecule has 0 heterocycles. The van der Waals surface area contributed by atoms with Gasteiger partial charge in [-0.3, -0.25) is 4.79 Å². The molecule has 2 nitrogen and oxygen atoms in total. The van der Waals surface area contributed by atoms with Crippen molar-refractivity contribution < 1.29 is 9.53 Å². The number of unbranched alkanes of at least 4 members (excludes halogenated alkanes) is 4. The highest BCUT2D eigenvalue weighted by molar-refractivity contribution is 5.97. The van der Waals surface area contributed by atoms with Gasteiger partial charge in [0.1, 0.15) is 6.10 Å². The van der Waals surface area contributed by atoms with E-state index in [-0.39, 0.29) is 12.1 Å². The highest BCUT2D eigenvalue weighted by Gasteiger charge is 2.22. The second-order valence-electron chi connectivity index (χ2n) is 8.80. The Kier molecular flexibility index (Phi) is 7.91. The summed E-state index contributed by atoms with van der Waals surface area (Å²) in [5.41, 5.74) is 3.87. The predicted molar refractivity (Wildman–Crippen MR) is 123 cm³/mol. The van der Waals surface area contributed by atoms with Crippen LogP contribution in [0.3, 0.4) is 0 Å². The molecule has 29 heavy (non-hydrogen) atoms. The molecule has 0 spiro atoms. The molecule has 0 saturated heterocycles. The summed E-state index contributed by atoms with van der Waals surface area (Å²) < 4.78 is 5.86. The number of rotatable bonds is 11. The molecule has 1 unspecified atom stereocenters. The SMILES string of the molecule is CCCCCCCc1ccc2cccc3c2c1C=CC3OC(=O)CCCC(C)C. The maximum Gasteiger partial charge on any atom is 0.306 e. The van der Waals surface area contributed by atoms with E-state index in [2.05, 4.69) is 63.3 Å². The Morgan fingerprint density at radius 1 is 1.03 bits per heavy atom. The summed E-state index contributed by atoms with van der Waals surface area (Å²) in [5.74, 6) is 0.534. The molecule has 0 aromatic heterocycles. The summed E-state index contributed by atoms with van der Waals surface area (Å²) >= 11 is 0. The van der Waals surface area contributed by atoms with Crippen LogP contribution in [0.2, 0.25) is 0 Å². The van der Waals surface area contributed by atoms with Gasteiger partial charge in [0.05, 0.1) is 0 Å². The molecule has 0 saturated carbocycles. The van der Waals surface area contributed by atoms with E-state index in [0.29, 0.717) is 12.3 Å². The summed E-state index contributed by atoms with van der Waals surface area (Å²) in [5, 5.41) is 2.50. The van der Waals surface area contributed by atoms with Crippen molar-refractivity contribution in [3.8, 4) is 0 Å². The molecule has 0 bridgehead atoms. The van der Waals surface area contributed by atoms with Gasteiger partial charge in [0.15, 0.2) is 0 Å². The monoisotopic (exact) mass is 392 g/mol. The van der Waals surface area contributed by atoms with Crippen molar-refractivity contribution in [1.29, 1.82) is 0 Å². The van der Waals surface area contributed by atoms with Crippen LogP contribution in [-0.2, 0) is 16.0 Å². The summed E-state index contributed by atoms with van der Waals surface area (Å²) in [6, 6.07) is 10.9. The first kappa shape index (κ1) is 21.6. The van der Waals surface area contributed by atoms with E-state index in [1.807, 2.05) is 0 Å². The Morgan fingerprint density at radius 2 is 1.86 bits per heavy atom. The third kappa shape index (κ3) is 5.72. The van der Waals surface area contributed by atoms with Crippen LogP contribution in [-0.4, -0.2) is 5.97 Å². The molecule has 156 valence electrons. The van der Waals surface area contributed by atoms with Crippen molar-refractivity contribution in [3.63, 3.8) is 0 Å². The van der Waals surface area contributed by atoms with E-state index < -0.39 is 0 Å². The molecule has 2 heteroatoms. The first-order valence-corrected chi connectivity index (χ1v) is 11.5. The quantitative estimate of drug-likeness (QED) is 0.288. The smallest absolute Gasteiger partial charge is 0.306 e. The van der Waals surface area contributed by atoms with E-state index in [1.54, 1.807) is 0 Å². The standard InChI is InChI=1S/C27H36O2/c1-4-5-6-7-8-12-21-16-17-22-13-10-14-24-25(19-18-23(21)27(22)24)29-26(28)15-9-11-20(2)3/h10,13-14,16-20,25H,4-9,11-12,15H2,1-3H3. The molecule has 0 aliphatic heterocycles. The first-order chi connectivity index (χ1) is 14.1. The zero-order chi connectivity index (χ0) is 20.6. The first-order valence-electron chi connectivity index (χ1n) is 11.5. The van der Waals surface area contributed by atoms with Gasteiger partial charge in [-0.25, -0.2) is 0 Å². The lowest BCUT2D eigenvalue weighted by molar-refractivity contribution is -0.147. The maximum atomic E-state index is 12.4. The minimum absolute atomic E-state index is 0.0900. The zero-order valence-corrected chi connectivity index (χ0v) is 18.4. The third-order valence-electron chi connectivity index (χ3n) is 5.92. The number of esters is 1. The van der Waals surface area contributed by atoms with Gasteiger partial charge in [0.2, 0.25) is 0 Å². The average molecular weight is 393 g/mol. The Labute approximate surface area is 176 Å². The predicted octanol–water partition coefficient (Wildman–Crippen LogP) is 7.79. The van der Waals surface area contributed by atoms with Crippen molar-refractivity contribution in [1.82, 2.24) is 0 Å². The number of benzene rings is 2. The van der Waals surface area contributed by atoms with Crippen LogP contribution in [0, 0.1) is 5.92 Å². The minimum atomic E-state index is -0.266. The lowest BCUT2D eigenvalue weighted by Gasteiger charge is -2.23. The van der Waals surface area contributed by atoms with Gasteiger partial charge in [-0.2, -0.15) is 0 Å². The van der Waals surface area contributed by atoms with Crippen molar-refractivity contribution in [2.45, 2.75) is 84.7 Å². The van der Waals surface area contributed by atoms with Crippen LogP contribution in [0.4, 0.5) is 0 Å². The second kappa shape index (κ2) is 10.6. The maximum absolute atomic E-state index is 12.4. The molecule has 0 N–H and O–H groups in total. The van der Waals surface area contributed by atoms with E-state index in [0.717, 1.165) is 24.8 Å². The normalized spacial score (nSPS) is 15.2. The van der Waals surface area contributed by atoms with Crippen LogP contribution in [0.5, 0.6) is 0 Å². The van der Waals surface area contributed by atoms with Crippen molar-refractivity contribution in [3.05, 3.63) is 53.1 Å². The number of carbonyl (C=O) groups is 1. The lowest BCUT2D eigenvalue weighted by atomic mass is 9.87.